The van der Waals surface area contributed by atoms with Crippen LogP contribution >= 0.6 is 0 Å². The molecule has 136 valence electrons. The van der Waals surface area contributed by atoms with E-state index in [0.29, 0.717) is 6.04 Å². The second kappa shape index (κ2) is 7.81. The molecule has 2 heterocycles. The van der Waals surface area contributed by atoms with E-state index in [1.807, 2.05) is 12.1 Å². The Hall–Kier alpha value is -1.50. The molecule has 0 spiro atoms. The van der Waals surface area contributed by atoms with Gasteiger partial charge in [-0.2, -0.15) is 0 Å². The summed E-state index contributed by atoms with van der Waals surface area (Å²) in [6, 6.07) is 7.24. The number of piperazine rings is 1. The number of nitrogens with zero attached hydrogens (tertiary/aromatic N) is 4. The molecule has 0 unspecified atom stereocenters. The van der Waals surface area contributed by atoms with E-state index in [0.717, 1.165) is 49.7 Å². The molecule has 4 rings (SSSR count). The quantitative estimate of drug-likeness (QED) is 0.899. The van der Waals surface area contributed by atoms with Crippen molar-refractivity contribution in [3.05, 3.63) is 23.8 Å². The predicted octanol–water partition coefficient (Wildman–Crippen LogP) is 2.42. The maximum Gasteiger partial charge on any atom is 0.139 e. The Kier molecular flexibility index (Phi) is 5.29. The van der Waals surface area contributed by atoms with E-state index in [9.17, 15) is 5.11 Å². The summed E-state index contributed by atoms with van der Waals surface area (Å²) in [6.07, 6.45) is 7.62. The van der Waals surface area contributed by atoms with E-state index >= 15 is 0 Å². The van der Waals surface area contributed by atoms with Crippen LogP contribution < -0.4 is 0 Å². The minimum Gasteiger partial charge on any atom is -0.396 e. The van der Waals surface area contributed by atoms with Crippen LogP contribution in [0.1, 0.15) is 44.1 Å². The molecule has 1 aliphatic heterocycles. The van der Waals surface area contributed by atoms with Crippen LogP contribution in [0.2, 0.25) is 0 Å². The smallest absolute Gasteiger partial charge is 0.139 e. The SMILES string of the molecule is OCC[C@@H]1CN(Cc2cccc3nonc23)CCN1C1CCCCC1. The molecule has 1 atom stereocenters. The standard InChI is InChI=1S/C19H28N4O2/c24-12-9-17-14-22(10-11-23(17)16-6-2-1-3-7-16)13-15-5-4-8-18-19(15)21-25-20-18/h4-5,8,16-17,24H,1-3,6-7,9-14H2/t17-/m1/s1. The van der Waals surface area contributed by atoms with E-state index in [1.165, 1.54) is 37.7 Å². The molecule has 25 heavy (non-hydrogen) atoms. The lowest BCUT2D eigenvalue weighted by Crippen LogP contribution is -2.56. The van der Waals surface area contributed by atoms with Crippen LogP contribution in [0.15, 0.2) is 22.8 Å². The van der Waals surface area contributed by atoms with E-state index in [4.69, 9.17) is 4.63 Å². The highest BCUT2D eigenvalue weighted by Gasteiger charge is 2.32. The fourth-order valence-corrected chi connectivity index (χ4v) is 4.61. The van der Waals surface area contributed by atoms with Crippen LogP contribution in [0.5, 0.6) is 0 Å². The zero-order chi connectivity index (χ0) is 17.1. The van der Waals surface area contributed by atoms with E-state index in [1.54, 1.807) is 0 Å². The Morgan fingerprint density at radius 3 is 2.84 bits per heavy atom. The molecule has 0 amide bonds. The summed E-state index contributed by atoms with van der Waals surface area (Å²) in [5.74, 6) is 0. The summed E-state index contributed by atoms with van der Waals surface area (Å²) in [5.41, 5.74) is 2.87. The molecule has 6 heteroatoms. The molecule has 0 radical (unpaired) electrons. The normalized spacial score (nSPS) is 24.1. The number of aliphatic hydroxyl groups is 1. The summed E-state index contributed by atoms with van der Waals surface area (Å²) in [7, 11) is 0. The van der Waals surface area contributed by atoms with Gasteiger partial charge in [0, 0.05) is 44.9 Å². The van der Waals surface area contributed by atoms with Crippen LogP contribution in [-0.2, 0) is 6.54 Å². The number of rotatable bonds is 5. The Morgan fingerprint density at radius 1 is 1.12 bits per heavy atom. The molecule has 1 saturated heterocycles. The van der Waals surface area contributed by atoms with Crippen molar-refractivity contribution in [1.82, 2.24) is 20.1 Å². The second-order valence-corrected chi connectivity index (χ2v) is 7.48. The van der Waals surface area contributed by atoms with Gasteiger partial charge in [-0.25, -0.2) is 4.63 Å². The van der Waals surface area contributed by atoms with Crippen LogP contribution in [-0.4, -0.2) is 63.5 Å². The Labute approximate surface area is 148 Å². The highest BCUT2D eigenvalue weighted by atomic mass is 16.6. The Bertz CT molecular complexity index is 683. The van der Waals surface area contributed by atoms with Gasteiger partial charge in [0.2, 0.25) is 0 Å². The van der Waals surface area contributed by atoms with E-state index in [-0.39, 0.29) is 6.61 Å². The van der Waals surface area contributed by atoms with Gasteiger partial charge >= 0.3 is 0 Å². The zero-order valence-corrected chi connectivity index (χ0v) is 14.8. The lowest BCUT2D eigenvalue weighted by atomic mass is 9.91. The van der Waals surface area contributed by atoms with Crippen LogP contribution in [0.4, 0.5) is 0 Å². The van der Waals surface area contributed by atoms with Crippen LogP contribution in [0.25, 0.3) is 11.0 Å². The fraction of sp³-hybridized carbons (Fsp3) is 0.684. The molecule has 6 nitrogen and oxygen atoms in total. The van der Waals surface area contributed by atoms with Gasteiger partial charge in [0.25, 0.3) is 0 Å². The summed E-state index contributed by atoms with van der Waals surface area (Å²) in [6.45, 7) is 4.32. The first-order valence-electron chi connectivity index (χ1n) is 9.64. The number of benzene rings is 1. The summed E-state index contributed by atoms with van der Waals surface area (Å²) in [5, 5.41) is 17.6. The third-order valence-corrected chi connectivity index (χ3v) is 5.88. The first kappa shape index (κ1) is 16.9. The van der Waals surface area contributed by atoms with Crippen LogP contribution in [0.3, 0.4) is 0 Å². The first-order valence-corrected chi connectivity index (χ1v) is 9.64. The minimum absolute atomic E-state index is 0.268. The summed E-state index contributed by atoms with van der Waals surface area (Å²) in [4.78, 5) is 5.17. The summed E-state index contributed by atoms with van der Waals surface area (Å²) >= 11 is 0. The maximum absolute atomic E-state index is 9.55. The first-order chi connectivity index (χ1) is 12.3. The van der Waals surface area contributed by atoms with E-state index < -0.39 is 0 Å². The molecule has 1 aromatic heterocycles. The number of hydrogen-bond acceptors (Lipinski definition) is 6. The van der Waals surface area contributed by atoms with Crippen LogP contribution in [0, 0.1) is 0 Å². The molecule has 2 aromatic rings. The zero-order valence-electron chi connectivity index (χ0n) is 14.8. The number of hydrogen-bond donors (Lipinski definition) is 1. The van der Waals surface area contributed by atoms with Crippen molar-refractivity contribution < 1.29 is 9.74 Å². The predicted molar refractivity (Wildman–Crippen MR) is 96.2 cm³/mol. The number of fused-ring (bicyclic) bond motifs is 1. The van der Waals surface area contributed by atoms with Crippen molar-refractivity contribution in [2.45, 2.75) is 57.2 Å². The van der Waals surface area contributed by atoms with Crippen molar-refractivity contribution in [1.29, 1.82) is 0 Å². The largest absolute Gasteiger partial charge is 0.396 e. The topological polar surface area (TPSA) is 65.6 Å². The second-order valence-electron chi connectivity index (χ2n) is 7.48. The van der Waals surface area contributed by atoms with Gasteiger partial charge in [0.05, 0.1) is 0 Å². The van der Waals surface area contributed by atoms with Gasteiger partial charge in [-0.15, -0.1) is 0 Å². The Morgan fingerprint density at radius 2 is 2.00 bits per heavy atom. The minimum atomic E-state index is 0.268. The van der Waals surface area contributed by atoms with Gasteiger partial charge in [-0.3, -0.25) is 9.80 Å². The third kappa shape index (κ3) is 3.71. The average Bonchev–Trinajstić information content (AvgIpc) is 3.13. The monoisotopic (exact) mass is 344 g/mol. The lowest BCUT2D eigenvalue weighted by Gasteiger charge is -2.46. The molecule has 1 N–H and O–H groups in total. The highest BCUT2D eigenvalue weighted by molar-refractivity contribution is 5.76. The fourth-order valence-electron chi connectivity index (χ4n) is 4.61. The molecular weight excluding hydrogens is 316 g/mol. The highest BCUT2D eigenvalue weighted by Crippen LogP contribution is 2.28. The lowest BCUT2D eigenvalue weighted by molar-refractivity contribution is 0.0138. The van der Waals surface area contributed by atoms with Crippen molar-refractivity contribution >= 4 is 11.0 Å². The molecule has 2 fully saturated rings. The third-order valence-electron chi connectivity index (χ3n) is 5.88. The molecule has 2 aliphatic rings. The Balaban J connectivity index is 1.45. The van der Waals surface area contributed by atoms with Gasteiger partial charge in [0.1, 0.15) is 11.0 Å². The molecule has 1 aliphatic carbocycles. The average molecular weight is 344 g/mol. The van der Waals surface area contributed by atoms with Gasteiger partial charge in [-0.1, -0.05) is 31.4 Å². The van der Waals surface area contributed by atoms with Crippen molar-refractivity contribution in [3.63, 3.8) is 0 Å². The van der Waals surface area contributed by atoms with Crippen molar-refractivity contribution in [2.24, 2.45) is 0 Å². The molecule has 0 bridgehead atoms. The maximum atomic E-state index is 9.55. The van der Waals surface area contributed by atoms with Gasteiger partial charge in [0.15, 0.2) is 0 Å². The summed E-state index contributed by atoms with van der Waals surface area (Å²) < 4.78 is 4.89. The molecule has 1 saturated carbocycles. The van der Waals surface area contributed by atoms with Gasteiger partial charge in [-0.05, 0) is 41.2 Å². The number of aromatic nitrogens is 2. The van der Waals surface area contributed by atoms with Crippen molar-refractivity contribution in [3.8, 4) is 0 Å². The molecular formula is C19H28N4O2. The van der Waals surface area contributed by atoms with E-state index in [2.05, 4.69) is 26.2 Å². The van der Waals surface area contributed by atoms with Crippen molar-refractivity contribution in [2.75, 3.05) is 26.2 Å². The molecule has 1 aromatic carbocycles. The number of aliphatic hydroxyl groups excluding tert-OH is 1. The van der Waals surface area contributed by atoms with Gasteiger partial charge < -0.3 is 5.11 Å².